The maximum atomic E-state index is 13.3. The van der Waals surface area contributed by atoms with Crippen molar-refractivity contribution in [3.63, 3.8) is 0 Å². The van der Waals surface area contributed by atoms with Gasteiger partial charge >= 0.3 is 5.97 Å². The van der Waals surface area contributed by atoms with Gasteiger partial charge < -0.3 is 16.2 Å². The number of nitrogens with one attached hydrogen (secondary N) is 3. The zero-order valence-corrected chi connectivity index (χ0v) is 25.4. The van der Waals surface area contributed by atoms with Gasteiger partial charge in [-0.05, 0) is 52.5 Å². The zero-order chi connectivity index (χ0) is 27.9. The molecule has 1 aliphatic rings. The lowest BCUT2D eigenvalue weighted by Crippen LogP contribution is -2.54. The highest BCUT2D eigenvalue weighted by molar-refractivity contribution is 9.14. The van der Waals surface area contributed by atoms with Crippen molar-refractivity contribution >= 4 is 99.8 Å². The first-order valence-corrected chi connectivity index (χ1v) is 14.9. The molecule has 1 amide bonds. The van der Waals surface area contributed by atoms with Crippen LogP contribution in [0.3, 0.4) is 0 Å². The number of carbonyl (C=O) groups is 2. The number of thiocarbonyl (C=S) groups is 1. The molecule has 0 aromatic heterocycles. The van der Waals surface area contributed by atoms with Crippen molar-refractivity contribution in [1.82, 2.24) is 15.8 Å². The number of sulfone groups is 1. The molecule has 1 atom stereocenters. The molecular formula is C21H23Br2Cl2N5O5S2. The fourth-order valence-corrected chi connectivity index (χ4v) is 6.58. The molecule has 37 heavy (non-hydrogen) atoms. The molecule has 0 heterocycles. The number of carbonyl (C=O) groups excluding carboxylic acids is 1. The molecule has 0 spiro atoms. The molecule has 0 aliphatic heterocycles. The number of hydrazine groups is 1. The van der Waals surface area contributed by atoms with E-state index in [2.05, 4.69) is 42.6 Å². The van der Waals surface area contributed by atoms with Crippen LogP contribution in [0.25, 0.3) is 0 Å². The van der Waals surface area contributed by atoms with Crippen LogP contribution < -0.4 is 16.5 Å². The Morgan fingerprint density at radius 1 is 1.27 bits per heavy atom. The second kappa shape index (κ2) is 14.0. The molecule has 2 rings (SSSR count). The Labute approximate surface area is 246 Å². The summed E-state index contributed by atoms with van der Waals surface area (Å²) in [5.41, 5.74) is 8.56. The number of amides is 1. The highest BCUT2D eigenvalue weighted by Gasteiger charge is 2.35. The number of carboxylic acid groups (broad SMARTS) is 1. The number of hydrogen-bond donors (Lipinski definition) is 5. The van der Waals surface area contributed by atoms with E-state index in [-0.39, 0.29) is 53.1 Å². The Morgan fingerprint density at radius 3 is 2.54 bits per heavy atom. The summed E-state index contributed by atoms with van der Waals surface area (Å²) >= 11 is 23.8. The molecule has 1 aliphatic carbocycles. The summed E-state index contributed by atoms with van der Waals surface area (Å²) in [7, 11) is -4.21. The summed E-state index contributed by atoms with van der Waals surface area (Å²) < 4.78 is 27.4. The third-order valence-corrected chi connectivity index (χ3v) is 9.87. The molecule has 0 saturated heterocycles. The highest BCUT2D eigenvalue weighted by atomic mass is 79.9. The van der Waals surface area contributed by atoms with Crippen molar-refractivity contribution in [2.45, 2.75) is 31.8 Å². The number of nitrogens with two attached hydrogens (primary N) is 1. The number of allylic oxidation sites excluding steroid dienone is 4. The second-order valence-corrected chi connectivity index (χ2v) is 12.9. The van der Waals surface area contributed by atoms with Crippen LogP contribution in [0.1, 0.15) is 24.8 Å². The fourth-order valence-electron chi connectivity index (χ4n) is 3.24. The van der Waals surface area contributed by atoms with Gasteiger partial charge in [-0.1, -0.05) is 57.4 Å². The monoisotopic (exact) mass is 717 g/mol. The van der Waals surface area contributed by atoms with E-state index in [1.165, 1.54) is 12.1 Å². The number of benzene rings is 1. The number of guanidine groups is 1. The molecule has 1 aromatic rings. The van der Waals surface area contributed by atoms with Crippen LogP contribution in [0.4, 0.5) is 0 Å². The first kappa shape index (κ1) is 31.7. The van der Waals surface area contributed by atoms with Gasteiger partial charge in [0.15, 0.2) is 15.8 Å². The van der Waals surface area contributed by atoms with Gasteiger partial charge in [-0.2, -0.15) is 0 Å². The second-order valence-electron chi connectivity index (χ2n) is 7.80. The average molecular weight is 720 g/mol. The minimum absolute atomic E-state index is 0.0412. The molecule has 202 valence electrons. The standard InChI is InChI=1S/C21H23Br2Cl2N5O5S2/c22-12-7-17(36)18(8-13(12)23)37(34,35)10-19(31)30(16(20(32)33)2-1-5-28-21(26)27)29-9-11-3-4-14(24)15(25)6-11/h3-4,6,8,16,29H,1-2,5,7,9-10H2,(H,32,33)(H4,26,27,28)/t16-/m0/s1. The summed E-state index contributed by atoms with van der Waals surface area (Å²) in [5, 5.41) is 21.0. The molecule has 16 heteroatoms. The van der Waals surface area contributed by atoms with Gasteiger partial charge in [0.25, 0.3) is 5.91 Å². The molecule has 0 fully saturated rings. The Balaban J connectivity index is 2.32. The SMILES string of the molecule is N=C(N)NCCC[C@@H](C(=O)O)N(NCc1ccc(Cl)c(Cl)c1)C(=O)CS(=O)(=O)C1=CC(Br)=C(Br)CC1=S. The quantitative estimate of drug-likeness (QED) is 0.0714. The van der Waals surface area contributed by atoms with Crippen LogP contribution in [0.2, 0.25) is 10.0 Å². The largest absolute Gasteiger partial charge is 0.480 e. The van der Waals surface area contributed by atoms with Gasteiger partial charge in [0.05, 0.1) is 15.0 Å². The lowest BCUT2D eigenvalue weighted by molar-refractivity contribution is -0.152. The van der Waals surface area contributed by atoms with Crippen molar-refractivity contribution < 1.29 is 23.1 Å². The number of nitrogens with zero attached hydrogens (tertiary/aromatic N) is 1. The molecule has 0 bridgehead atoms. The number of hydrogen-bond acceptors (Lipinski definition) is 7. The third kappa shape index (κ3) is 9.30. The first-order chi connectivity index (χ1) is 17.2. The van der Waals surface area contributed by atoms with E-state index in [9.17, 15) is 23.1 Å². The number of rotatable bonds is 12. The lowest BCUT2D eigenvalue weighted by atomic mass is 10.1. The van der Waals surface area contributed by atoms with Crippen molar-refractivity contribution in [2.24, 2.45) is 5.73 Å². The third-order valence-electron chi connectivity index (χ3n) is 5.03. The van der Waals surface area contributed by atoms with Gasteiger partial charge in [0.2, 0.25) is 0 Å². The van der Waals surface area contributed by atoms with E-state index in [1.54, 1.807) is 12.1 Å². The van der Waals surface area contributed by atoms with Gasteiger partial charge in [-0.15, -0.1) is 0 Å². The van der Waals surface area contributed by atoms with Gasteiger partial charge in [-0.3, -0.25) is 15.2 Å². The normalized spacial score (nSPS) is 14.7. The number of halogens is 4. The summed E-state index contributed by atoms with van der Waals surface area (Å²) in [5.74, 6) is -3.63. The van der Waals surface area contributed by atoms with Gasteiger partial charge in [0.1, 0.15) is 11.8 Å². The Bertz CT molecular complexity index is 1270. The molecular weight excluding hydrogens is 697 g/mol. The van der Waals surface area contributed by atoms with Crippen molar-refractivity contribution in [2.75, 3.05) is 12.3 Å². The van der Waals surface area contributed by atoms with Crippen LogP contribution in [0.5, 0.6) is 0 Å². The maximum Gasteiger partial charge on any atom is 0.328 e. The summed E-state index contributed by atoms with van der Waals surface area (Å²) in [6.45, 7) is 0.142. The summed E-state index contributed by atoms with van der Waals surface area (Å²) in [6, 6.07) is 3.28. The zero-order valence-electron chi connectivity index (χ0n) is 19.1. The molecule has 0 unspecified atom stereocenters. The van der Waals surface area contributed by atoms with Crippen molar-refractivity contribution in [3.05, 3.63) is 53.8 Å². The van der Waals surface area contributed by atoms with Crippen molar-refractivity contribution in [1.29, 1.82) is 5.41 Å². The van der Waals surface area contributed by atoms with Gasteiger partial charge in [-0.25, -0.2) is 18.6 Å². The minimum atomic E-state index is -4.21. The fraction of sp³-hybridized carbons (Fsp3) is 0.333. The number of carboxylic acids is 1. The molecule has 0 radical (unpaired) electrons. The predicted molar refractivity (Wildman–Crippen MR) is 155 cm³/mol. The molecule has 10 nitrogen and oxygen atoms in total. The van der Waals surface area contributed by atoms with E-state index in [0.29, 0.717) is 19.6 Å². The maximum absolute atomic E-state index is 13.3. The molecule has 1 aromatic carbocycles. The van der Waals surface area contributed by atoms with Crippen LogP contribution >= 0.6 is 67.3 Å². The summed E-state index contributed by atoms with van der Waals surface area (Å²) in [4.78, 5) is 25.3. The summed E-state index contributed by atoms with van der Waals surface area (Å²) in [6.07, 6.45) is 1.64. The van der Waals surface area contributed by atoms with Crippen LogP contribution in [0.15, 0.2) is 38.1 Å². The topological polar surface area (TPSA) is 166 Å². The van der Waals surface area contributed by atoms with Crippen LogP contribution in [0, 0.1) is 5.41 Å². The average Bonchev–Trinajstić information content (AvgIpc) is 2.79. The van der Waals surface area contributed by atoms with Crippen molar-refractivity contribution in [3.8, 4) is 0 Å². The highest BCUT2D eigenvalue weighted by Crippen LogP contribution is 2.32. The first-order valence-electron chi connectivity index (χ1n) is 10.5. The lowest BCUT2D eigenvalue weighted by Gasteiger charge is -2.30. The Morgan fingerprint density at radius 2 is 1.95 bits per heavy atom. The number of aliphatic carboxylic acids is 1. The van der Waals surface area contributed by atoms with E-state index in [4.69, 9.17) is 46.6 Å². The smallest absolute Gasteiger partial charge is 0.328 e. The van der Waals surface area contributed by atoms with E-state index >= 15 is 0 Å². The minimum Gasteiger partial charge on any atom is -0.480 e. The van der Waals surface area contributed by atoms with Gasteiger partial charge in [0, 0.05) is 33.3 Å². The van der Waals surface area contributed by atoms with Crippen LogP contribution in [-0.2, 0) is 26.0 Å². The molecule has 0 saturated carbocycles. The Hall–Kier alpha value is -1.55. The molecule has 6 N–H and O–H groups in total. The van der Waals surface area contributed by atoms with E-state index < -0.39 is 33.5 Å². The van der Waals surface area contributed by atoms with E-state index in [1.807, 2.05) is 0 Å². The van der Waals surface area contributed by atoms with Crippen LogP contribution in [-0.4, -0.2) is 59.6 Å². The van der Waals surface area contributed by atoms with E-state index in [0.717, 1.165) is 5.01 Å². The predicted octanol–water partition coefficient (Wildman–Crippen LogP) is 3.62. The Kier molecular flexibility index (Phi) is 12.0.